The maximum Gasteiger partial charge on any atom is 0.226 e. The number of aryl methyl sites for hydroxylation is 1. The number of hydrogen-bond donors (Lipinski definition) is 1. The molecule has 0 saturated carbocycles. The molecule has 0 spiro atoms. The van der Waals surface area contributed by atoms with Crippen LogP contribution in [0.4, 0.5) is 5.69 Å². The number of nitrogen functional groups attached to an aromatic ring is 1. The van der Waals surface area contributed by atoms with E-state index in [0.29, 0.717) is 28.2 Å². The lowest BCUT2D eigenvalue weighted by molar-refractivity contribution is 0.315. The van der Waals surface area contributed by atoms with Gasteiger partial charge in [0.15, 0.2) is 30.2 Å². The van der Waals surface area contributed by atoms with E-state index in [2.05, 4.69) is 24.9 Å². The number of aromatic nitrogens is 4. The van der Waals surface area contributed by atoms with Gasteiger partial charge in [0.05, 0.1) is 5.69 Å². The highest BCUT2D eigenvalue weighted by atomic mass is 32.2. The van der Waals surface area contributed by atoms with Gasteiger partial charge in [-0.05, 0) is 29.4 Å². The van der Waals surface area contributed by atoms with Gasteiger partial charge in [-0.15, -0.1) is 0 Å². The van der Waals surface area contributed by atoms with Gasteiger partial charge in [-0.2, -0.15) is 0 Å². The molecule has 0 bridgehead atoms. The molecular formula is C14H15N5O5S2. The van der Waals surface area contributed by atoms with E-state index in [1.807, 2.05) is 0 Å². The topological polar surface area (TPSA) is 159 Å². The molecular weight excluding hydrogens is 382 g/mol. The molecule has 3 aromatic rings. The molecule has 0 radical (unpaired) electrons. The molecule has 0 aliphatic heterocycles. The van der Waals surface area contributed by atoms with Gasteiger partial charge in [0.25, 0.3) is 0 Å². The van der Waals surface area contributed by atoms with Gasteiger partial charge in [0.1, 0.15) is 4.90 Å². The number of anilines is 1. The Morgan fingerprint density at radius 2 is 1.73 bits per heavy atom. The van der Waals surface area contributed by atoms with Crippen molar-refractivity contribution in [2.75, 3.05) is 18.2 Å². The van der Waals surface area contributed by atoms with Crippen molar-refractivity contribution in [2.45, 2.75) is 23.3 Å². The SMILES string of the molecule is Cc1nc2nonc2c(N)c1Cc1ccc(S(C)(=O)=O)c(S(C)(=O)=O)n1. The number of sulfone groups is 2. The molecule has 0 aromatic carbocycles. The van der Waals surface area contributed by atoms with Crippen molar-refractivity contribution in [2.24, 2.45) is 0 Å². The first kappa shape index (κ1) is 18.2. The first-order valence-electron chi connectivity index (χ1n) is 7.25. The summed E-state index contributed by atoms with van der Waals surface area (Å²) in [5.74, 6) is 0. The number of hydrogen-bond acceptors (Lipinski definition) is 10. The van der Waals surface area contributed by atoms with Crippen LogP contribution in [0.1, 0.15) is 17.0 Å². The summed E-state index contributed by atoms with van der Waals surface area (Å²) in [7, 11) is -7.61. The highest BCUT2D eigenvalue weighted by Gasteiger charge is 2.23. The predicted molar refractivity (Wildman–Crippen MR) is 92.0 cm³/mol. The van der Waals surface area contributed by atoms with Gasteiger partial charge >= 0.3 is 0 Å². The fourth-order valence-corrected chi connectivity index (χ4v) is 4.81. The lowest BCUT2D eigenvalue weighted by atomic mass is 10.1. The number of nitrogens with zero attached hydrogens (tertiary/aromatic N) is 4. The smallest absolute Gasteiger partial charge is 0.226 e. The van der Waals surface area contributed by atoms with E-state index in [1.54, 1.807) is 6.92 Å². The van der Waals surface area contributed by atoms with Crippen LogP contribution in [-0.4, -0.2) is 49.6 Å². The Morgan fingerprint density at radius 3 is 2.35 bits per heavy atom. The van der Waals surface area contributed by atoms with Crippen LogP contribution in [0.3, 0.4) is 0 Å². The Labute approximate surface area is 149 Å². The second-order valence-corrected chi connectivity index (χ2v) is 9.77. The molecule has 10 nitrogen and oxygen atoms in total. The van der Waals surface area contributed by atoms with Crippen LogP contribution in [0, 0.1) is 6.92 Å². The second-order valence-electron chi connectivity index (χ2n) is 5.85. The van der Waals surface area contributed by atoms with E-state index in [9.17, 15) is 16.8 Å². The molecule has 0 amide bonds. The van der Waals surface area contributed by atoms with E-state index in [0.717, 1.165) is 12.5 Å². The summed E-state index contributed by atoms with van der Waals surface area (Å²) in [4.78, 5) is 7.93. The molecule has 0 atom stereocenters. The maximum atomic E-state index is 12.0. The van der Waals surface area contributed by atoms with E-state index < -0.39 is 24.7 Å². The van der Waals surface area contributed by atoms with Crippen molar-refractivity contribution in [1.82, 2.24) is 20.3 Å². The van der Waals surface area contributed by atoms with E-state index in [1.165, 1.54) is 12.1 Å². The zero-order valence-electron chi connectivity index (χ0n) is 14.1. The Morgan fingerprint density at radius 1 is 1.04 bits per heavy atom. The Hall–Kier alpha value is -2.60. The second kappa shape index (κ2) is 5.99. The lowest BCUT2D eigenvalue weighted by Gasteiger charge is -2.11. The van der Waals surface area contributed by atoms with Crippen LogP contribution in [0.2, 0.25) is 0 Å². The predicted octanol–water partition coefficient (Wildman–Crippen LogP) is 0.301. The summed E-state index contributed by atoms with van der Waals surface area (Å²) in [5.41, 5.74) is 8.40. The van der Waals surface area contributed by atoms with Gasteiger partial charge in [-0.1, -0.05) is 0 Å². The summed E-state index contributed by atoms with van der Waals surface area (Å²) >= 11 is 0. The third-order valence-corrected chi connectivity index (χ3v) is 6.02. The van der Waals surface area contributed by atoms with Gasteiger partial charge < -0.3 is 5.73 Å². The molecule has 12 heteroatoms. The zero-order chi connectivity index (χ0) is 19.3. The fraction of sp³-hybridized carbons (Fsp3) is 0.286. The molecule has 26 heavy (non-hydrogen) atoms. The van der Waals surface area contributed by atoms with Crippen LogP contribution in [0.25, 0.3) is 11.2 Å². The standard InChI is InChI=1S/C14H15N5O5S2/c1-7-9(11(15)12-13(16-7)19-24-18-12)6-8-4-5-10(25(2,20)21)14(17-8)26(3,22)23/h4-5H,6,15H2,1-3H3. The number of pyridine rings is 2. The highest BCUT2D eigenvalue weighted by Crippen LogP contribution is 2.26. The van der Waals surface area contributed by atoms with E-state index in [4.69, 9.17) is 5.73 Å². The fourth-order valence-electron chi connectivity index (χ4n) is 2.51. The quantitative estimate of drug-likeness (QED) is 0.648. The van der Waals surface area contributed by atoms with Crippen molar-refractivity contribution < 1.29 is 21.5 Å². The van der Waals surface area contributed by atoms with Crippen LogP contribution >= 0.6 is 0 Å². The van der Waals surface area contributed by atoms with Crippen LogP contribution in [-0.2, 0) is 26.1 Å². The molecule has 3 rings (SSSR count). The first-order chi connectivity index (χ1) is 12.0. The van der Waals surface area contributed by atoms with Gasteiger partial charge in [0.2, 0.25) is 5.65 Å². The van der Waals surface area contributed by atoms with Crippen LogP contribution in [0.15, 0.2) is 26.7 Å². The first-order valence-corrected chi connectivity index (χ1v) is 11.0. The van der Waals surface area contributed by atoms with Crippen molar-refractivity contribution in [3.05, 3.63) is 29.1 Å². The number of nitrogens with two attached hydrogens (primary N) is 1. The summed E-state index contributed by atoms with van der Waals surface area (Å²) in [6.45, 7) is 1.71. The molecule has 3 heterocycles. The minimum Gasteiger partial charge on any atom is -0.396 e. The average Bonchev–Trinajstić information content (AvgIpc) is 2.97. The minimum absolute atomic E-state index is 0.139. The maximum absolute atomic E-state index is 12.0. The minimum atomic E-state index is -3.85. The van der Waals surface area contributed by atoms with Gasteiger partial charge in [-0.25, -0.2) is 31.4 Å². The van der Waals surface area contributed by atoms with Gasteiger partial charge in [0, 0.05) is 35.9 Å². The summed E-state index contributed by atoms with van der Waals surface area (Å²) < 4.78 is 52.3. The average molecular weight is 397 g/mol. The third kappa shape index (κ3) is 3.24. The monoisotopic (exact) mass is 397 g/mol. The van der Waals surface area contributed by atoms with E-state index in [-0.39, 0.29) is 17.0 Å². The van der Waals surface area contributed by atoms with Gasteiger partial charge in [-0.3, -0.25) is 0 Å². The summed E-state index contributed by atoms with van der Waals surface area (Å²) in [5, 5.41) is 6.84. The Balaban J connectivity index is 2.15. The van der Waals surface area contributed by atoms with Crippen molar-refractivity contribution in [1.29, 1.82) is 0 Å². The van der Waals surface area contributed by atoms with Crippen molar-refractivity contribution >= 4 is 36.5 Å². The molecule has 0 aliphatic rings. The Bertz CT molecular complexity index is 1230. The molecule has 0 unspecified atom stereocenters. The Kier molecular flexibility index (Phi) is 4.19. The normalized spacial score (nSPS) is 12.6. The molecule has 2 N–H and O–H groups in total. The lowest BCUT2D eigenvalue weighted by Crippen LogP contribution is -2.12. The zero-order valence-corrected chi connectivity index (χ0v) is 15.7. The molecule has 0 fully saturated rings. The van der Waals surface area contributed by atoms with Crippen molar-refractivity contribution in [3.8, 4) is 0 Å². The molecule has 0 saturated heterocycles. The number of rotatable bonds is 4. The van der Waals surface area contributed by atoms with E-state index >= 15 is 0 Å². The number of fused-ring (bicyclic) bond motifs is 1. The highest BCUT2D eigenvalue weighted by molar-refractivity contribution is 7.93. The largest absolute Gasteiger partial charge is 0.396 e. The third-order valence-electron chi connectivity index (χ3n) is 3.75. The van der Waals surface area contributed by atoms with Crippen LogP contribution < -0.4 is 5.73 Å². The molecule has 0 aliphatic carbocycles. The van der Waals surface area contributed by atoms with Crippen molar-refractivity contribution in [3.63, 3.8) is 0 Å². The van der Waals surface area contributed by atoms with Crippen LogP contribution in [0.5, 0.6) is 0 Å². The molecule has 3 aromatic heterocycles. The molecule has 138 valence electrons. The summed E-state index contributed by atoms with van der Waals surface area (Å²) in [6.07, 6.45) is 1.97. The summed E-state index contributed by atoms with van der Waals surface area (Å²) in [6, 6.07) is 2.67.